The highest BCUT2D eigenvalue weighted by Crippen LogP contribution is 2.34. The highest BCUT2D eigenvalue weighted by atomic mass is 32.1. The van der Waals surface area contributed by atoms with E-state index in [-0.39, 0.29) is 10.7 Å². The van der Waals surface area contributed by atoms with Crippen LogP contribution in [0, 0.1) is 6.92 Å². The first-order valence-corrected chi connectivity index (χ1v) is 9.10. The Labute approximate surface area is 141 Å². The van der Waals surface area contributed by atoms with Crippen molar-refractivity contribution in [1.82, 2.24) is 0 Å². The Morgan fingerprint density at radius 2 is 1.73 bits per heavy atom. The molecule has 0 bridgehead atoms. The lowest BCUT2D eigenvalue weighted by Crippen LogP contribution is -2.17. The molecule has 2 atom stereocenters. The second kappa shape index (κ2) is 6.64. The smallest absolute Gasteiger partial charge is 0.127 e. The summed E-state index contributed by atoms with van der Waals surface area (Å²) in [5.41, 5.74) is 3.39. The molecule has 3 heteroatoms. The molecule has 2 aromatic rings. The number of hydrogen-bond donors (Lipinski definition) is 2. The molecule has 2 rings (SSSR count). The fraction of sp³-hybridized carbons (Fsp3) is 0.368. The normalized spacial score (nSPS) is 13.7. The molecular weight excluding hydrogens is 307 g/mol. The minimum Gasteiger partial charge on any atom is -0.507 e. The molecule has 1 N–H and O–H groups in total. The zero-order chi connectivity index (χ0) is 16.5. The molecule has 2 unspecified atom stereocenters. The van der Waals surface area contributed by atoms with Gasteiger partial charge in [-0.1, -0.05) is 59.7 Å². The van der Waals surface area contributed by atoms with Crippen LogP contribution in [0.4, 0.5) is 0 Å². The molecule has 0 fully saturated rings. The molecule has 0 amide bonds. The number of aryl methyl sites for hydroxylation is 1. The van der Waals surface area contributed by atoms with Crippen molar-refractivity contribution in [3.8, 4) is 5.75 Å². The van der Waals surface area contributed by atoms with Gasteiger partial charge in [0.25, 0.3) is 0 Å². The van der Waals surface area contributed by atoms with E-state index in [1.807, 2.05) is 6.07 Å². The highest BCUT2D eigenvalue weighted by Gasteiger charge is 2.21. The van der Waals surface area contributed by atoms with Crippen LogP contribution in [0.1, 0.15) is 49.6 Å². The highest BCUT2D eigenvalue weighted by molar-refractivity contribution is 7.80. The van der Waals surface area contributed by atoms with Gasteiger partial charge in [0.05, 0.1) is 0 Å². The van der Waals surface area contributed by atoms with Crippen LogP contribution in [0.3, 0.4) is 0 Å². The number of thiol groups is 1. The summed E-state index contributed by atoms with van der Waals surface area (Å²) in [6, 6.07) is 12.6. The van der Waals surface area contributed by atoms with Crippen molar-refractivity contribution < 1.29 is 5.11 Å². The van der Waals surface area contributed by atoms with Crippen LogP contribution in [-0.2, 0) is 5.41 Å². The summed E-state index contributed by atoms with van der Waals surface area (Å²) in [7, 11) is 0.440. The molecule has 0 spiro atoms. The van der Waals surface area contributed by atoms with Gasteiger partial charge in [-0.25, -0.2) is 0 Å². The molecule has 0 saturated heterocycles. The topological polar surface area (TPSA) is 20.2 Å². The van der Waals surface area contributed by atoms with Gasteiger partial charge in [0.1, 0.15) is 5.75 Å². The monoisotopic (exact) mass is 332 g/mol. The van der Waals surface area contributed by atoms with Crippen molar-refractivity contribution in [1.29, 1.82) is 0 Å². The summed E-state index contributed by atoms with van der Waals surface area (Å²) in [5.74, 6) is 0.443. The van der Waals surface area contributed by atoms with E-state index < -0.39 is 0 Å². The third kappa shape index (κ3) is 3.86. The number of rotatable bonds is 3. The van der Waals surface area contributed by atoms with E-state index in [9.17, 15) is 5.11 Å². The maximum Gasteiger partial charge on any atom is 0.127 e. The van der Waals surface area contributed by atoms with Crippen LogP contribution in [-0.4, -0.2) is 5.11 Å². The third-order valence-corrected chi connectivity index (χ3v) is 5.40. The number of phenolic OH excluding ortho intramolecular Hbond substituents is 1. The number of phenols is 1. The first-order valence-electron chi connectivity index (χ1n) is 7.58. The summed E-state index contributed by atoms with van der Waals surface area (Å²) in [4.78, 5) is 0. The van der Waals surface area contributed by atoms with Crippen LogP contribution < -0.4 is 10.6 Å². The lowest BCUT2D eigenvalue weighted by Gasteiger charge is -2.23. The van der Waals surface area contributed by atoms with Gasteiger partial charge < -0.3 is 5.11 Å². The first-order chi connectivity index (χ1) is 10.2. The molecule has 0 radical (unpaired) electrons. The van der Waals surface area contributed by atoms with Gasteiger partial charge in [-0.15, -0.1) is 0 Å². The SMILES string of the molecule is Cc1cc(Pc2ccccc2C(C)S)c(O)c(C(C)(C)C)c1. The van der Waals surface area contributed by atoms with Crippen molar-refractivity contribution in [3.05, 3.63) is 53.1 Å². The second-order valence-corrected chi connectivity index (χ2v) is 8.95. The molecule has 118 valence electrons. The van der Waals surface area contributed by atoms with Gasteiger partial charge in [0.2, 0.25) is 0 Å². The van der Waals surface area contributed by atoms with E-state index >= 15 is 0 Å². The third-order valence-electron chi connectivity index (χ3n) is 3.74. The molecule has 2 aromatic carbocycles. The fourth-order valence-electron chi connectivity index (χ4n) is 2.57. The van der Waals surface area contributed by atoms with E-state index in [1.165, 1.54) is 16.4 Å². The molecule has 0 heterocycles. The van der Waals surface area contributed by atoms with Crippen LogP contribution in [0.25, 0.3) is 0 Å². The molecular formula is C19H25OPS. The Balaban J connectivity index is 2.49. The summed E-state index contributed by atoms with van der Waals surface area (Å²) in [6.45, 7) is 10.6. The number of benzene rings is 2. The van der Waals surface area contributed by atoms with Crippen molar-refractivity contribution in [3.63, 3.8) is 0 Å². The Hall–Kier alpha value is -0.980. The molecule has 0 saturated carbocycles. The number of aromatic hydroxyl groups is 1. The first kappa shape index (κ1) is 17.4. The van der Waals surface area contributed by atoms with E-state index in [0.717, 1.165) is 10.9 Å². The summed E-state index contributed by atoms with van der Waals surface area (Å²) in [6.07, 6.45) is 0. The lowest BCUT2D eigenvalue weighted by atomic mass is 9.85. The molecule has 0 aliphatic heterocycles. The van der Waals surface area contributed by atoms with Crippen molar-refractivity contribution in [2.75, 3.05) is 0 Å². The van der Waals surface area contributed by atoms with Crippen LogP contribution in [0.15, 0.2) is 36.4 Å². The summed E-state index contributed by atoms with van der Waals surface area (Å²) >= 11 is 4.58. The van der Waals surface area contributed by atoms with Gasteiger partial charge in [0, 0.05) is 16.1 Å². The average Bonchev–Trinajstić information content (AvgIpc) is 2.41. The van der Waals surface area contributed by atoms with Gasteiger partial charge in [0.15, 0.2) is 0 Å². The van der Waals surface area contributed by atoms with Crippen molar-refractivity contribution in [2.24, 2.45) is 0 Å². The predicted molar refractivity (Wildman–Crippen MR) is 103 cm³/mol. The zero-order valence-corrected chi connectivity index (χ0v) is 15.8. The predicted octanol–water partition coefficient (Wildman–Crippen LogP) is 4.62. The fourth-order valence-corrected chi connectivity index (χ4v) is 4.38. The summed E-state index contributed by atoms with van der Waals surface area (Å²) < 4.78 is 0. The minimum atomic E-state index is -0.0638. The van der Waals surface area contributed by atoms with Gasteiger partial charge in [-0.2, -0.15) is 12.6 Å². The Kier molecular flexibility index (Phi) is 5.25. The van der Waals surface area contributed by atoms with E-state index in [4.69, 9.17) is 0 Å². The summed E-state index contributed by atoms with van der Waals surface area (Å²) in [5, 5.41) is 13.2. The van der Waals surface area contributed by atoms with Crippen LogP contribution >= 0.6 is 21.2 Å². The van der Waals surface area contributed by atoms with E-state index in [1.54, 1.807) is 0 Å². The lowest BCUT2D eigenvalue weighted by molar-refractivity contribution is 0.450. The molecule has 0 aliphatic rings. The molecule has 0 aliphatic carbocycles. The Bertz CT molecular complexity index is 672. The Morgan fingerprint density at radius 1 is 1.09 bits per heavy atom. The average molecular weight is 332 g/mol. The standard InChI is InChI=1S/C19H25OPS/c1-12-10-15(19(3,4)5)18(20)17(11-12)21-16-9-7-6-8-14(16)13(2)22/h6-11,13,20-22H,1-5H3. The van der Waals surface area contributed by atoms with Crippen LogP contribution in [0.5, 0.6) is 5.75 Å². The van der Waals surface area contributed by atoms with Crippen molar-refractivity contribution in [2.45, 2.75) is 45.3 Å². The Morgan fingerprint density at radius 3 is 2.32 bits per heavy atom. The van der Waals surface area contributed by atoms with Gasteiger partial charge in [-0.05, 0) is 41.8 Å². The minimum absolute atomic E-state index is 0.0638. The maximum absolute atomic E-state index is 10.7. The van der Waals surface area contributed by atoms with Gasteiger partial charge in [-0.3, -0.25) is 0 Å². The molecule has 0 aromatic heterocycles. The largest absolute Gasteiger partial charge is 0.507 e. The van der Waals surface area contributed by atoms with Gasteiger partial charge >= 0.3 is 0 Å². The second-order valence-electron chi connectivity index (χ2n) is 6.85. The maximum atomic E-state index is 10.7. The van der Waals surface area contributed by atoms with Crippen LogP contribution in [0.2, 0.25) is 0 Å². The molecule has 22 heavy (non-hydrogen) atoms. The molecule has 1 nitrogen and oxygen atoms in total. The quantitative estimate of drug-likeness (QED) is 0.621. The number of hydrogen-bond acceptors (Lipinski definition) is 2. The zero-order valence-electron chi connectivity index (χ0n) is 13.9. The van der Waals surface area contributed by atoms with Crippen molar-refractivity contribution >= 4 is 31.8 Å². The van der Waals surface area contributed by atoms with E-state index in [2.05, 4.69) is 77.6 Å². The van der Waals surface area contributed by atoms with E-state index in [0.29, 0.717) is 14.3 Å².